The van der Waals surface area contributed by atoms with Gasteiger partial charge in [0.15, 0.2) is 19.1 Å². The molecule has 1 aliphatic heterocycles. The number of halogens is 7. The van der Waals surface area contributed by atoms with Crippen LogP contribution in [0.15, 0.2) is 24.4 Å². The predicted molar refractivity (Wildman–Crippen MR) is 144 cm³/mol. The largest absolute Gasteiger partial charge is 0.433 e. The highest BCUT2D eigenvalue weighted by Crippen LogP contribution is 2.50. The number of nitrogens with one attached hydrogen (secondary N) is 1. The van der Waals surface area contributed by atoms with E-state index in [4.69, 9.17) is 16.0 Å². The fraction of sp³-hybridized carbons (Fsp3) is 0.520. The summed E-state index contributed by atoms with van der Waals surface area (Å²) >= 11 is 5.90. The number of fused-ring (bicyclic) bond motifs is 3. The number of urea groups is 1. The average Bonchev–Trinajstić information content (AvgIpc) is 3.34. The quantitative estimate of drug-likeness (QED) is 0.238. The number of pyridine rings is 1. The van der Waals surface area contributed by atoms with Gasteiger partial charge < -0.3 is 9.74 Å². The second kappa shape index (κ2) is 9.83. The van der Waals surface area contributed by atoms with Crippen molar-refractivity contribution in [1.29, 1.82) is 0 Å². The zero-order valence-corrected chi connectivity index (χ0v) is 25.0. The minimum atomic E-state index is -4.86. The van der Waals surface area contributed by atoms with Crippen molar-refractivity contribution in [3.8, 4) is 0 Å². The minimum Gasteiger partial charge on any atom is -0.409 e. The molecule has 0 fully saturated rings. The first kappa shape index (κ1) is 31.0. The van der Waals surface area contributed by atoms with E-state index in [0.29, 0.717) is 6.07 Å². The van der Waals surface area contributed by atoms with Crippen LogP contribution in [0.3, 0.4) is 0 Å². The molecule has 224 valence electrons. The van der Waals surface area contributed by atoms with Crippen LogP contribution in [0.4, 0.5) is 42.5 Å². The smallest absolute Gasteiger partial charge is 0.409 e. The number of nitrogens with zero attached hydrogens (tertiary/aromatic N) is 5. The highest BCUT2D eigenvalue weighted by molar-refractivity contribution is 6.74. The Kier molecular flexibility index (Phi) is 7.44. The number of carbonyl (C=O) groups excluding carboxylic acids is 1. The second-order valence-corrected chi connectivity index (χ2v) is 16.9. The van der Waals surface area contributed by atoms with E-state index in [9.17, 15) is 31.1 Å². The molecule has 1 unspecified atom stereocenters. The Morgan fingerprint density at radius 3 is 2.34 bits per heavy atom. The van der Waals surface area contributed by atoms with Gasteiger partial charge >= 0.3 is 18.4 Å². The van der Waals surface area contributed by atoms with Crippen LogP contribution < -0.4 is 10.2 Å². The molecule has 3 aromatic rings. The number of aromatic nitrogens is 4. The van der Waals surface area contributed by atoms with Gasteiger partial charge in [-0.25, -0.2) is 19.3 Å². The summed E-state index contributed by atoms with van der Waals surface area (Å²) in [6.45, 7) is 11.4. The number of alkyl halides is 6. The summed E-state index contributed by atoms with van der Waals surface area (Å²) in [7, 11) is -2.43. The van der Waals surface area contributed by atoms with E-state index < -0.39 is 50.5 Å². The number of rotatable bonds is 4. The lowest BCUT2D eigenvalue weighted by molar-refractivity contribution is -0.181. The molecule has 4 heterocycles. The second-order valence-electron chi connectivity index (χ2n) is 11.8. The molecule has 1 aliphatic rings. The third kappa shape index (κ3) is 5.63. The van der Waals surface area contributed by atoms with Gasteiger partial charge in [0.05, 0.1) is 29.4 Å². The van der Waals surface area contributed by atoms with Crippen molar-refractivity contribution in [3.63, 3.8) is 0 Å². The van der Waals surface area contributed by atoms with Gasteiger partial charge in [-0.3, -0.25) is 4.90 Å². The van der Waals surface area contributed by atoms with Crippen molar-refractivity contribution in [2.45, 2.75) is 76.6 Å². The highest BCUT2D eigenvalue weighted by Gasteiger charge is 2.60. The molecule has 2 atom stereocenters. The van der Waals surface area contributed by atoms with Crippen LogP contribution in [-0.2, 0) is 16.0 Å². The van der Waals surface area contributed by atoms with Gasteiger partial charge in [-0.15, -0.1) is 0 Å². The molecule has 0 aliphatic carbocycles. The van der Waals surface area contributed by atoms with Crippen LogP contribution in [0.1, 0.15) is 57.8 Å². The molecule has 8 nitrogen and oxygen atoms in total. The Bertz CT molecular complexity index is 1500. The summed E-state index contributed by atoms with van der Waals surface area (Å²) in [5.74, 6) is 0. The normalized spacial score (nSPS) is 19.0. The van der Waals surface area contributed by atoms with Gasteiger partial charge in [0.25, 0.3) is 0 Å². The van der Waals surface area contributed by atoms with Gasteiger partial charge in [-0.1, -0.05) is 32.4 Å². The molecule has 3 aromatic heterocycles. The zero-order chi connectivity index (χ0) is 30.9. The lowest BCUT2D eigenvalue weighted by Gasteiger charge is -2.38. The van der Waals surface area contributed by atoms with Gasteiger partial charge in [0.1, 0.15) is 11.1 Å². The van der Waals surface area contributed by atoms with E-state index in [0.717, 1.165) is 22.5 Å². The Morgan fingerprint density at radius 2 is 1.78 bits per heavy atom. The van der Waals surface area contributed by atoms with E-state index in [1.807, 2.05) is 33.9 Å². The van der Waals surface area contributed by atoms with Crippen molar-refractivity contribution in [1.82, 2.24) is 19.6 Å². The summed E-state index contributed by atoms with van der Waals surface area (Å²) < 4.78 is 91.6. The van der Waals surface area contributed by atoms with Crippen LogP contribution in [0.2, 0.25) is 23.3 Å². The summed E-state index contributed by atoms with van der Waals surface area (Å²) in [5.41, 5.74) is -4.81. The fourth-order valence-electron chi connectivity index (χ4n) is 4.34. The summed E-state index contributed by atoms with van der Waals surface area (Å²) in [4.78, 5) is 21.9. The Balaban J connectivity index is 1.73. The van der Waals surface area contributed by atoms with Crippen LogP contribution >= 0.6 is 11.6 Å². The lowest BCUT2D eigenvalue weighted by Crippen LogP contribution is -2.46. The summed E-state index contributed by atoms with van der Waals surface area (Å²) in [6.07, 6.45) is -9.48. The number of amides is 2. The maximum atomic E-state index is 14.4. The van der Waals surface area contributed by atoms with Crippen LogP contribution in [0.5, 0.6) is 0 Å². The third-order valence-corrected chi connectivity index (χ3v) is 12.4. The van der Waals surface area contributed by atoms with Crippen LogP contribution in [0.25, 0.3) is 5.65 Å². The fourth-order valence-corrected chi connectivity index (χ4v) is 5.87. The summed E-state index contributed by atoms with van der Waals surface area (Å²) in [5, 5.41) is 5.88. The minimum absolute atomic E-state index is 0.0378. The molecular weight excluding hydrogens is 594 g/mol. The van der Waals surface area contributed by atoms with Crippen molar-refractivity contribution >= 4 is 43.0 Å². The van der Waals surface area contributed by atoms with E-state index in [2.05, 4.69) is 20.4 Å². The highest BCUT2D eigenvalue weighted by atomic mass is 35.5. The Hall–Kier alpha value is -2.91. The SMILES string of the molecule is CC(O[Si](C)(C)C(C)(C)C)c1cc(NC(=O)N2C[C@@](C)(C(F)(F)F)c3c2cnc2cc(Cl)nn32)cc(C(F)(F)F)n1. The van der Waals surface area contributed by atoms with Gasteiger partial charge in [0, 0.05) is 18.3 Å². The van der Waals surface area contributed by atoms with E-state index >= 15 is 0 Å². The molecule has 1 N–H and O–H groups in total. The standard InChI is InChI=1S/C25H29ClF6N6O2Si/c1-13(40-41(6,7)22(2,3)4)15-8-14(9-17(35-15)24(27,28)29)34-21(39)37-12-23(5,25(30,31)32)20-16(37)11-33-19-10-18(26)36-38(19)20/h8-11,13H,12H2,1-7H3,(H,34,35,39)/t13?,23-/m1/s1. The molecule has 0 aromatic carbocycles. The molecule has 0 spiro atoms. The number of anilines is 2. The molecular formula is C25H29ClF6N6O2Si. The Morgan fingerprint density at radius 1 is 1.15 bits per heavy atom. The molecule has 2 amide bonds. The molecule has 16 heteroatoms. The average molecular weight is 623 g/mol. The van der Waals surface area contributed by atoms with Crippen molar-refractivity contribution in [2.75, 3.05) is 16.8 Å². The first-order valence-corrected chi connectivity index (χ1v) is 15.8. The Labute approximate surface area is 238 Å². The first-order chi connectivity index (χ1) is 18.5. The van der Waals surface area contributed by atoms with Gasteiger partial charge in [-0.05, 0) is 44.1 Å². The molecule has 0 radical (unpaired) electrons. The molecule has 41 heavy (non-hydrogen) atoms. The molecule has 4 rings (SSSR count). The molecule has 0 saturated carbocycles. The molecule has 0 saturated heterocycles. The molecule has 0 bridgehead atoms. The number of hydrogen-bond donors (Lipinski definition) is 1. The van der Waals surface area contributed by atoms with E-state index in [1.54, 1.807) is 6.92 Å². The maximum absolute atomic E-state index is 14.4. The van der Waals surface area contributed by atoms with Crippen LogP contribution in [0, 0.1) is 0 Å². The van der Waals surface area contributed by atoms with Crippen molar-refractivity contribution in [2.24, 2.45) is 0 Å². The predicted octanol–water partition coefficient (Wildman–Crippen LogP) is 7.75. The lowest BCUT2D eigenvalue weighted by atomic mass is 9.88. The third-order valence-electron chi connectivity index (χ3n) is 7.67. The topological polar surface area (TPSA) is 84.6 Å². The number of carbonyl (C=O) groups is 1. The van der Waals surface area contributed by atoms with E-state index in [1.165, 1.54) is 12.1 Å². The van der Waals surface area contributed by atoms with E-state index in [-0.39, 0.29) is 38.6 Å². The first-order valence-electron chi connectivity index (χ1n) is 12.5. The zero-order valence-electron chi connectivity index (χ0n) is 23.3. The number of hydrogen-bond acceptors (Lipinski definition) is 5. The summed E-state index contributed by atoms with van der Waals surface area (Å²) in [6, 6.07) is 2.02. The van der Waals surface area contributed by atoms with Crippen molar-refractivity contribution in [3.05, 3.63) is 46.6 Å². The van der Waals surface area contributed by atoms with Gasteiger partial charge in [-0.2, -0.15) is 31.4 Å². The van der Waals surface area contributed by atoms with Crippen LogP contribution in [-0.4, -0.2) is 46.7 Å². The maximum Gasteiger partial charge on any atom is 0.433 e. The monoisotopic (exact) mass is 622 g/mol. The van der Waals surface area contributed by atoms with Crippen molar-refractivity contribution < 1.29 is 35.6 Å². The van der Waals surface area contributed by atoms with Gasteiger partial charge in [0.2, 0.25) is 0 Å².